The maximum atomic E-state index is 12.6. The zero-order valence-corrected chi connectivity index (χ0v) is 19.0. The second-order valence-electron chi connectivity index (χ2n) is 8.25. The number of hydrogen-bond acceptors (Lipinski definition) is 8. The average molecular weight is 442 g/mol. The number of anilines is 1. The second kappa shape index (κ2) is 10.4. The van der Waals surface area contributed by atoms with E-state index in [1.165, 1.54) is 4.57 Å². The van der Waals surface area contributed by atoms with Gasteiger partial charge in [0.1, 0.15) is 18.1 Å². The number of aryl methyl sites for hydroxylation is 1. The van der Waals surface area contributed by atoms with Crippen LogP contribution in [0.2, 0.25) is 0 Å². The number of carbonyl (C=O) groups is 2. The van der Waals surface area contributed by atoms with Crippen molar-refractivity contribution in [1.29, 1.82) is 5.26 Å². The molecule has 2 aromatic heterocycles. The second-order valence-corrected chi connectivity index (χ2v) is 8.25. The Morgan fingerprint density at radius 2 is 2.16 bits per heavy atom. The van der Waals surface area contributed by atoms with Crippen LogP contribution in [0.5, 0.6) is 0 Å². The monoisotopic (exact) mass is 441 g/mol. The third-order valence-corrected chi connectivity index (χ3v) is 5.99. The minimum atomic E-state index is -0.483. The number of unbranched alkanes of at least 4 members (excludes halogenated alkanes) is 1. The Morgan fingerprint density at radius 1 is 1.38 bits per heavy atom. The minimum Gasteiger partial charge on any atom is -0.449 e. The number of ether oxygens (including phenoxy) is 1. The van der Waals surface area contributed by atoms with Crippen molar-refractivity contribution in [2.45, 2.75) is 45.6 Å². The first-order valence-corrected chi connectivity index (χ1v) is 11.0. The number of piperidine rings is 1. The fourth-order valence-electron chi connectivity index (χ4n) is 4.11. The summed E-state index contributed by atoms with van der Waals surface area (Å²) in [6.45, 7) is 5.98. The van der Waals surface area contributed by atoms with Crippen molar-refractivity contribution in [3.8, 4) is 6.07 Å². The van der Waals surface area contributed by atoms with Crippen molar-refractivity contribution in [2.75, 3.05) is 38.2 Å². The molecule has 0 radical (unpaired) electrons. The Bertz CT molecular complexity index is 1010. The number of aromatic nitrogens is 3. The van der Waals surface area contributed by atoms with E-state index in [9.17, 15) is 9.59 Å². The smallest absolute Gasteiger partial charge is 0.419 e. The number of likely N-dealkylation sites (N-methyl/N-ethyl adjacent to an activating group) is 1. The highest BCUT2D eigenvalue weighted by Crippen LogP contribution is 2.30. The quantitative estimate of drug-likeness (QED) is 0.646. The van der Waals surface area contributed by atoms with Crippen LogP contribution in [0.25, 0.3) is 11.0 Å². The van der Waals surface area contributed by atoms with Gasteiger partial charge in [-0.05, 0) is 44.7 Å². The summed E-state index contributed by atoms with van der Waals surface area (Å²) >= 11 is 0. The van der Waals surface area contributed by atoms with Gasteiger partial charge < -0.3 is 20.3 Å². The van der Waals surface area contributed by atoms with Crippen molar-refractivity contribution >= 4 is 28.9 Å². The highest BCUT2D eigenvalue weighted by molar-refractivity contribution is 5.93. The lowest BCUT2D eigenvalue weighted by Crippen LogP contribution is -2.52. The predicted octanol–water partition coefficient (Wildman–Crippen LogP) is 2.05. The molecule has 1 amide bonds. The largest absolute Gasteiger partial charge is 0.449 e. The maximum absolute atomic E-state index is 12.6. The third-order valence-electron chi connectivity index (χ3n) is 5.99. The zero-order valence-electron chi connectivity index (χ0n) is 19.0. The van der Waals surface area contributed by atoms with Crippen LogP contribution in [-0.4, -0.2) is 70.8 Å². The van der Waals surface area contributed by atoms with Crippen LogP contribution in [0.1, 0.15) is 38.4 Å². The van der Waals surface area contributed by atoms with Crippen molar-refractivity contribution < 1.29 is 14.3 Å². The topological polar surface area (TPSA) is 130 Å². The van der Waals surface area contributed by atoms with Gasteiger partial charge in [-0.25, -0.2) is 19.3 Å². The molecule has 10 nitrogen and oxygen atoms in total. The standard InChI is InChI=1S/C22H31N7O3/c1-15-7-11-28(19(30)6-10-24)14-18(15)27(3)20-17-8-12-29(21(17)26-16(2)25-20)22(31)32-13-5-4-9-23/h8,12,15,18H,4-7,9,11,13-14,23H2,1-3H3/t15-,18+/m1/s1. The Hall–Kier alpha value is -3.19. The number of carbonyl (C=O) groups excluding carboxylic acids is 2. The van der Waals surface area contributed by atoms with Crippen LogP contribution in [0, 0.1) is 24.2 Å². The first-order valence-electron chi connectivity index (χ1n) is 11.0. The molecule has 1 aliphatic rings. The number of nitrogens with two attached hydrogens (primary N) is 1. The van der Waals surface area contributed by atoms with Gasteiger partial charge in [0.2, 0.25) is 5.91 Å². The SMILES string of the molecule is Cc1nc(N(C)[C@H]2CN(C(=O)CC#N)CC[C@H]2C)c2ccn(C(=O)OCCCCN)c2n1. The van der Waals surface area contributed by atoms with E-state index < -0.39 is 6.09 Å². The summed E-state index contributed by atoms with van der Waals surface area (Å²) in [5.41, 5.74) is 5.97. The van der Waals surface area contributed by atoms with Crippen LogP contribution < -0.4 is 10.6 Å². The van der Waals surface area contributed by atoms with Crippen molar-refractivity contribution in [3.05, 3.63) is 18.1 Å². The molecule has 0 unspecified atom stereocenters. The molecule has 0 aromatic carbocycles. The lowest BCUT2D eigenvalue weighted by atomic mass is 9.92. The van der Waals surface area contributed by atoms with Crippen molar-refractivity contribution in [1.82, 2.24) is 19.4 Å². The van der Waals surface area contributed by atoms with Gasteiger partial charge in [0.15, 0.2) is 5.65 Å². The van der Waals surface area contributed by atoms with Gasteiger partial charge in [-0.3, -0.25) is 4.79 Å². The van der Waals surface area contributed by atoms with E-state index in [-0.39, 0.29) is 18.4 Å². The first-order chi connectivity index (χ1) is 15.4. The molecule has 0 bridgehead atoms. The summed E-state index contributed by atoms with van der Waals surface area (Å²) in [7, 11) is 1.95. The lowest BCUT2D eigenvalue weighted by Gasteiger charge is -2.42. The van der Waals surface area contributed by atoms with Crippen LogP contribution >= 0.6 is 0 Å². The number of fused-ring (bicyclic) bond motifs is 1. The first kappa shape index (κ1) is 23.5. The normalized spacial score (nSPS) is 18.4. The van der Waals surface area contributed by atoms with E-state index in [2.05, 4.69) is 21.8 Å². The van der Waals surface area contributed by atoms with E-state index in [0.29, 0.717) is 55.9 Å². The van der Waals surface area contributed by atoms with E-state index in [1.807, 2.05) is 19.2 Å². The van der Waals surface area contributed by atoms with Gasteiger partial charge in [0, 0.05) is 26.3 Å². The number of likely N-dealkylation sites (tertiary alicyclic amines) is 1. The molecule has 2 atom stereocenters. The van der Waals surface area contributed by atoms with E-state index >= 15 is 0 Å². The minimum absolute atomic E-state index is 0.0236. The third kappa shape index (κ3) is 4.99. The van der Waals surface area contributed by atoms with Gasteiger partial charge in [-0.1, -0.05) is 6.92 Å². The summed E-state index contributed by atoms with van der Waals surface area (Å²) in [5, 5.41) is 9.62. The molecule has 2 N–H and O–H groups in total. The molecule has 1 fully saturated rings. The van der Waals surface area contributed by atoms with Crippen molar-refractivity contribution in [3.63, 3.8) is 0 Å². The molecular formula is C22H31N7O3. The number of rotatable bonds is 7. The molecule has 0 aliphatic carbocycles. The van der Waals surface area contributed by atoms with Gasteiger partial charge in [0.05, 0.1) is 24.1 Å². The van der Waals surface area contributed by atoms with E-state index in [4.69, 9.17) is 15.7 Å². The number of nitrogens with zero attached hydrogens (tertiary/aromatic N) is 6. The summed E-state index contributed by atoms with van der Waals surface area (Å²) < 4.78 is 6.76. The van der Waals surface area contributed by atoms with Crippen LogP contribution in [0.4, 0.5) is 10.6 Å². The lowest BCUT2D eigenvalue weighted by molar-refractivity contribution is -0.131. The molecule has 32 heavy (non-hydrogen) atoms. The Kier molecular flexibility index (Phi) is 7.64. The Labute approximate surface area is 187 Å². The highest BCUT2D eigenvalue weighted by atomic mass is 16.5. The van der Waals surface area contributed by atoms with Crippen LogP contribution in [0.3, 0.4) is 0 Å². The molecule has 0 spiro atoms. The molecule has 0 saturated carbocycles. The van der Waals surface area contributed by atoms with Gasteiger partial charge in [-0.15, -0.1) is 0 Å². The van der Waals surface area contributed by atoms with Gasteiger partial charge in [0.25, 0.3) is 0 Å². The fourth-order valence-corrected chi connectivity index (χ4v) is 4.11. The van der Waals surface area contributed by atoms with Crippen molar-refractivity contribution in [2.24, 2.45) is 11.7 Å². The van der Waals surface area contributed by atoms with Gasteiger partial charge in [-0.2, -0.15) is 5.26 Å². The maximum Gasteiger partial charge on any atom is 0.419 e. The number of nitriles is 1. The molecule has 3 heterocycles. The molecular weight excluding hydrogens is 410 g/mol. The molecule has 2 aromatic rings. The van der Waals surface area contributed by atoms with Crippen LogP contribution in [0.15, 0.2) is 12.3 Å². The molecule has 1 saturated heterocycles. The van der Waals surface area contributed by atoms with E-state index in [1.54, 1.807) is 18.0 Å². The molecule has 10 heteroatoms. The number of hydrogen-bond donors (Lipinski definition) is 1. The Balaban J connectivity index is 1.86. The average Bonchev–Trinajstić information content (AvgIpc) is 3.19. The summed E-state index contributed by atoms with van der Waals surface area (Å²) in [5.74, 6) is 1.42. The fraction of sp³-hybridized carbons (Fsp3) is 0.591. The molecule has 3 rings (SSSR count). The van der Waals surface area contributed by atoms with E-state index in [0.717, 1.165) is 18.2 Å². The highest BCUT2D eigenvalue weighted by Gasteiger charge is 2.33. The van der Waals surface area contributed by atoms with Gasteiger partial charge >= 0.3 is 6.09 Å². The summed E-state index contributed by atoms with van der Waals surface area (Å²) in [4.78, 5) is 37.8. The number of amides is 1. The summed E-state index contributed by atoms with van der Waals surface area (Å²) in [6.07, 6.45) is 3.40. The molecule has 1 aliphatic heterocycles. The van der Waals surface area contributed by atoms with Crippen LogP contribution in [-0.2, 0) is 9.53 Å². The molecule has 172 valence electrons. The zero-order chi connectivity index (χ0) is 23.3. The Morgan fingerprint density at radius 3 is 2.88 bits per heavy atom. The summed E-state index contributed by atoms with van der Waals surface area (Å²) in [6, 6.07) is 3.78. The predicted molar refractivity (Wildman–Crippen MR) is 120 cm³/mol.